The topological polar surface area (TPSA) is 60.2 Å². The average Bonchev–Trinajstić information content (AvgIpc) is 2.30. The van der Waals surface area contributed by atoms with E-state index in [4.69, 9.17) is 0 Å². The maximum atomic E-state index is 11.9. The van der Waals surface area contributed by atoms with Crippen LogP contribution in [0.4, 0.5) is 5.69 Å². The highest BCUT2D eigenvalue weighted by Crippen LogP contribution is 2.18. The maximum absolute atomic E-state index is 11.9. The van der Waals surface area contributed by atoms with E-state index in [-0.39, 0.29) is 17.4 Å². The largest absolute Gasteiger partial charge is 0.294 e. The van der Waals surface area contributed by atoms with Gasteiger partial charge >= 0.3 is 0 Å². The number of nitrogens with zero attached hydrogens (tertiary/aromatic N) is 1. The molecule has 4 heteroatoms. The van der Waals surface area contributed by atoms with Gasteiger partial charge in [0.15, 0.2) is 5.78 Å². The van der Waals surface area contributed by atoms with Crippen LogP contribution in [0, 0.1) is 16.0 Å². The van der Waals surface area contributed by atoms with Crippen molar-refractivity contribution in [2.24, 2.45) is 5.92 Å². The fourth-order valence-electron chi connectivity index (χ4n) is 1.64. The second-order valence-corrected chi connectivity index (χ2v) is 3.68. The van der Waals surface area contributed by atoms with Crippen LogP contribution in [-0.2, 0) is 0 Å². The molecule has 0 spiro atoms. The molecule has 0 fully saturated rings. The zero-order chi connectivity index (χ0) is 12.1. The number of benzene rings is 1. The molecule has 0 saturated carbocycles. The Kier molecular flexibility index (Phi) is 4.17. The molecule has 0 saturated heterocycles. The van der Waals surface area contributed by atoms with Crippen LogP contribution < -0.4 is 0 Å². The lowest BCUT2D eigenvalue weighted by atomic mass is 9.93. The summed E-state index contributed by atoms with van der Waals surface area (Å²) in [7, 11) is 0. The molecule has 0 aliphatic rings. The minimum absolute atomic E-state index is 0.0149. The second kappa shape index (κ2) is 5.39. The monoisotopic (exact) mass is 221 g/mol. The summed E-state index contributed by atoms with van der Waals surface area (Å²) < 4.78 is 0. The molecule has 16 heavy (non-hydrogen) atoms. The molecule has 4 nitrogen and oxygen atoms in total. The highest BCUT2D eigenvalue weighted by Gasteiger charge is 2.16. The van der Waals surface area contributed by atoms with Crippen molar-refractivity contribution in [3.05, 3.63) is 39.9 Å². The van der Waals surface area contributed by atoms with Gasteiger partial charge in [0.25, 0.3) is 5.69 Å². The predicted molar refractivity (Wildman–Crippen MR) is 61.5 cm³/mol. The van der Waals surface area contributed by atoms with Gasteiger partial charge in [0.05, 0.1) is 4.92 Å². The first kappa shape index (κ1) is 12.4. The van der Waals surface area contributed by atoms with Crippen molar-refractivity contribution in [2.45, 2.75) is 26.7 Å². The lowest BCUT2D eigenvalue weighted by molar-refractivity contribution is -0.384. The zero-order valence-electron chi connectivity index (χ0n) is 9.47. The molecule has 1 rings (SSSR count). The van der Waals surface area contributed by atoms with Gasteiger partial charge in [-0.25, -0.2) is 0 Å². The van der Waals surface area contributed by atoms with E-state index < -0.39 is 4.92 Å². The second-order valence-electron chi connectivity index (χ2n) is 3.68. The van der Waals surface area contributed by atoms with Crippen LogP contribution in [0.1, 0.15) is 37.0 Å². The number of ketones is 1. The summed E-state index contributed by atoms with van der Waals surface area (Å²) in [6, 6.07) is 5.79. The summed E-state index contributed by atoms with van der Waals surface area (Å²) in [5.41, 5.74) is 0.570. The quantitative estimate of drug-likeness (QED) is 0.435. The van der Waals surface area contributed by atoms with E-state index in [0.29, 0.717) is 5.56 Å². The molecule has 0 radical (unpaired) electrons. The number of nitro groups is 1. The number of non-ortho nitro benzene ring substituents is 1. The van der Waals surface area contributed by atoms with Gasteiger partial charge in [-0.1, -0.05) is 13.8 Å². The van der Waals surface area contributed by atoms with Gasteiger partial charge in [0.2, 0.25) is 0 Å². The fourth-order valence-corrected chi connectivity index (χ4v) is 1.64. The first-order chi connectivity index (χ1) is 7.60. The van der Waals surface area contributed by atoms with E-state index in [0.717, 1.165) is 12.8 Å². The third-order valence-electron chi connectivity index (χ3n) is 2.72. The zero-order valence-corrected chi connectivity index (χ0v) is 9.47. The highest BCUT2D eigenvalue weighted by atomic mass is 16.6. The Labute approximate surface area is 94.4 Å². The Morgan fingerprint density at radius 2 is 1.75 bits per heavy atom. The fraction of sp³-hybridized carbons (Fsp3) is 0.417. The molecule has 0 unspecified atom stereocenters. The Balaban J connectivity index is 2.89. The Morgan fingerprint density at radius 1 is 1.25 bits per heavy atom. The summed E-state index contributed by atoms with van der Waals surface area (Å²) in [6.45, 7) is 3.94. The summed E-state index contributed by atoms with van der Waals surface area (Å²) in [5, 5.41) is 10.4. The van der Waals surface area contributed by atoms with Gasteiger partial charge in [-0.15, -0.1) is 0 Å². The predicted octanol–water partition coefficient (Wildman–Crippen LogP) is 3.21. The van der Waals surface area contributed by atoms with E-state index in [1.54, 1.807) is 0 Å². The highest BCUT2D eigenvalue weighted by molar-refractivity contribution is 5.97. The summed E-state index contributed by atoms with van der Waals surface area (Å²) in [5.74, 6) is 0.0846. The Morgan fingerprint density at radius 3 is 2.12 bits per heavy atom. The van der Waals surface area contributed by atoms with Crippen LogP contribution in [0.2, 0.25) is 0 Å². The van der Waals surface area contributed by atoms with E-state index in [1.165, 1.54) is 24.3 Å². The minimum Gasteiger partial charge on any atom is -0.294 e. The van der Waals surface area contributed by atoms with Crippen molar-refractivity contribution in [3.63, 3.8) is 0 Å². The Bertz CT molecular complexity index is 380. The minimum atomic E-state index is -0.467. The lowest BCUT2D eigenvalue weighted by Gasteiger charge is -2.10. The number of rotatable bonds is 5. The SMILES string of the molecule is CCC(CC)C(=O)c1ccc([N+](=O)[O-])cc1. The summed E-state index contributed by atoms with van der Waals surface area (Å²) >= 11 is 0. The van der Waals surface area contributed by atoms with Crippen LogP contribution in [0.5, 0.6) is 0 Å². The molecule has 0 bridgehead atoms. The van der Waals surface area contributed by atoms with Crippen LogP contribution >= 0.6 is 0 Å². The summed E-state index contributed by atoms with van der Waals surface area (Å²) in [6.07, 6.45) is 1.60. The van der Waals surface area contributed by atoms with Crippen LogP contribution in [0.25, 0.3) is 0 Å². The number of carbonyl (C=O) groups is 1. The van der Waals surface area contributed by atoms with Crippen LogP contribution in [-0.4, -0.2) is 10.7 Å². The molecule has 86 valence electrons. The van der Waals surface area contributed by atoms with Crippen LogP contribution in [0.3, 0.4) is 0 Å². The van der Waals surface area contributed by atoms with Gasteiger partial charge in [0, 0.05) is 23.6 Å². The Hall–Kier alpha value is -1.71. The smallest absolute Gasteiger partial charge is 0.269 e. The van der Waals surface area contributed by atoms with E-state index in [9.17, 15) is 14.9 Å². The number of hydrogen-bond donors (Lipinski definition) is 0. The van der Waals surface area contributed by atoms with Crippen molar-refractivity contribution in [2.75, 3.05) is 0 Å². The molecule has 0 amide bonds. The van der Waals surface area contributed by atoms with E-state index in [2.05, 4.69) is 0 Å². The van der Waals surface area contributed by atoms with Crippen molar-refractivity contribution in [3.8, 4) is 0 Å². The third-order valence-corrected chi connectivity index (χ3v) is 2.72. The molecule has 0 N–H and O–H groups in total. The first-order valence-corrected chi connectivity index (χ1v) is 5.38. The molecule has 0 heterocycles. The van der Waals surface area contributed by atoms with Gasteiger partial charge in [-0.05, 0) is 25.0 Å². The van der Waals surface area contributed by atoms with Crippen molar-refractivity contribution >= 4 is 11.5 Å². The number of nitro benzene ring substituents is 1. The van der Waals surface area contributed by atoms with E-state index >= 15 is 0 Å². The van der Waals surface area contributed by atoms with Crippen LogP contribution in [0.15, 0.2) is 24.3 Å². The van der Waals surface area contributed by atoms with Gasteiger partial charge in [0.1, 0.15) is 0 Å². The third kappa shape index (κ3) is 2.66. The number of Topliss-reactive ketones (excluding diaryl/α,β-unsaturated/α-hetero) is 1. The standard InChI is InChI=1S/C12H15NO3/c1-3-9(4-2)12(14)10-5-7-11(8-6-10)13(15)16/h5-9H,3-4H2,1-2H3. The normalized spacial score (nSPS) is 10.4. The molecule has 0 aliphatic heterocycles. The van der Waals surface area contributed by atoms with Gasteiger partial charge < -0.3 is 0 Å². The number of carbonyl (C=O) groups excluding carboxylic acids is 1. The lowest BCUT2D eigenvalue weighted by Crippen LogP contribution is -2.12. The molecule has 0 atom stereocenters. The number of hydrogen-bond acceptors (Lipinski definition) is 3. The van der Waals surface area contributed by atoms with Crippen molar-refractivity contribution < 1.29 is 9.72 Å². The van der Waals surface area contributed by atoms with Crippen molar-refractivity contribution in [1.29, 1.82) is 0 Å². The summed E-state index contributed by atoms with van der Waals surface area (Å²) in [4.78, 5) is 21.9. The van der Waals surface area contributed by atoms with Gasteiger partial charge in [-0.3, -0.25) is 14.9 Å². The molecule has 0 aliphatic carbocycles. The first-order valence-electron chi connectivity index (χ1n) is 5.38. The molecule has 0 aromatic heterocycles. The van der Waals surface area contributed by atoms with Gasteiger partial charge in [-0.2, -0.15) is 0 Å². The van der Waals surface area contributed by atoms with Crippen molar-refractivity contribution in [1.82, 2.24) is 0 Å². The molecule has 1 aromatic rings. The molecular formula is C12H15NO3. The molecular weight excluding hydrogens is 206 g/mol. The van der Waals surface area contributed by atoms with E-state index in [1.807, 2.05) is 13.8 Å². The molecule has 1 aromatic carbocycles. The maximum Gasteiger partial charge on any atom is 0.269 e. The average molecular weight is 221 g/mol.